The van der Waals surface area contributed by atoms with Crippen molar-refractivity contribution in [1.29, 1.82) is 0 Å². The average molecular weight is 272 g/mol. The van der Waals surface area contributed by atoms with Crippen molar-refractivity contribution in [3.8, 4) is 11.3 Å². The molecule has 2 atom stereocenters. The lowest BCUT2D eigenvalue weighted by Crippen LogP contribution is -2.16. The van der Waals surface area contributed by atoms with Crippen LogP contribution >= 0.6 is 0 Å². The van der Waals surface area contributed by atoms with Crippen molar-refractivity contribution >= 4 is 17.6 Å². The minimum absolute atomic E-state index is 0.257. The molecule has 1 saturated carbocycles. The smallest absolute Gasteiger partial charge is 0.307 e. The Morgan fingerprint density at radius 1 is 1.35 bits per heavy atom. The van der Waals surface area contributed by atoms with Crippen molar-refractivity contribution in [3.05, 3.63) is 36.9 Å². The third kappa shape index (κ3) is 2.40. The second-order valence-corrected chi connectivity index (χ2v) is 4.72. The molecule has 0 spiro atoms. The van der Waals surface area contributed by atoms with E-state index < -0.39 is 17.8 Å². The van der Waals surface area contributed by atoms with Crippen LogP contribution in [0.15, 0.2) is 41.3 Å². The Hall–Kier alpha value is -2.63. The predicted octanol–water partition coefficient (Wildman–Crippen LogP) is 2.00. The Balaban J connectivity index is 1.71. The van der Waals surface area contributed by atoms with Crippen LogP contribution in [0.3, 0.4) is 0 Å². The van der Waals surface area contributed by atoms with Crippen LogP contribution in [-0.4, -0.2) is 22.0 Å². The van der Waals surface area contributed by atoms with Gasteiger partial charge in [0, 0.05) is 11.3 Å². The third-order valence-corrected chi connectivity index (χ3v) is 3.29. The molecule has 0 radical (unpaired) electrons. The fourth-order valence-electron chi connectivity index (χ4n) is 2.10. The molecule has 2 aromatic rings. The number of amides is 1. The van der Waals surface area contributed by atoms with E-state index in [1.165, 1.54) is 6.39 Å². The Morgan fingerprint density at radius 3 is 2.85 bits per heavy atom. The van der Waals surface area contributed by atoms with Gasteiger partial charge in [0.2, 0.25) is 5.91 Å². The lowest BCUT2D eigenvalue weighted by molar-refractivity contribution is -0.139. The van der Waals surface area contributed by atoms with Gasteiger partial charge in [-0.15, -0.1) is 0 Å². The number of hydrogen-bond acceptors (Lipinski definition) is 4. The zero-order chi connectivity index (χ0) is 14.1. The summed E-state index contributed by atoms with van der Waals surface area (Å²) in [6.07, 6.45) is 3.33. The molecule has 0 bridgehead atoms. The molecule has 2 N–H and O–H groups in total. The molecule has 1 aromatic carbocycles. The van der Waals surface area contributed by atoms with E-state index in [-0.39, 0.29) is 5.91 Å². The second-order valence-electron chi connectivity index (χ2n) is 4.72. The summed E-state index contributed by atoms with van der Waals surface area (Å²) >= 11 is 0. The van der Waals surface area contributed by atoms with E-state index in [0.717, 1.165) is 5.56 Å². The number of aliphatic carboxylic acids is 1. The summed E-state index contributed by atoms with van der Waals surface area (Å²) in [5.74, 6) is -1.54. The maximum Gasteiger partial charge on any atom is 0.307 e. The Labute approximate surface area is 114 Å². The summed E-state index contributed by atoms with van der Waals surface area (Å²) in [6.45, 7) is 0. The van der Waals surface area contributed by atoms with E-state index in [1.807, 2.05) is 6.07 Å². The van der Waals surface area contributed by atoms with Gasteiger partial charge in [0.25, 0.3) is 0 Å². The fourth-order valence-corrected chi connectivity index (χ4v) is 2.10. The molecule has 1 aromatic heterocycles. The van der Waals surface area contributed by atoms with E-state index in [1.54, 1.807) is 24.4 Å². The molecule has 20 heavy (non-hydrogen) atoms. The molecule has 0 aliphatic heterocycles. The molecule has 1 aliphatic rings. The first-order valence-electron chi connectivity index (χ1n) is 6.18. The minimum atomic E-state index is -0.916. The largest absolute Gasteiger partial charge is 0.481 e. The SMILES string of the molecule is O=C(O)[C@H]1C[C@H]1C(=O)Nc1cccc(-c2cnco2)c1. The standard InChI is InChI=1S/C14H12N2O4/c17-13(10-5-11(10)14(18)19)16-9-3-1-2-8(4-9)12-6-15-7-20-12/h1-4,6-7,10-11H,5H2,(H,16,17)(H,18,19)/t10-,11+/m1/s1. The van der Waals surface area contributed by atoms with Crippen LogP contribution in [0.25, 0.3) is 11.3 Å². The Kier molecular flexibility index (Phi) is 2.98. The number of anilines is 1. The van der Waals surface area contributed by atoms with Gasteiger partial charge in [0.05, 0.1) is 18.0 Å². The number of nitrogens with zero attached hydrogens (tertiary/aromatic N) is 1. The predicted molar refractivity (Wildman–Crippen MR) is 69.8 cm³/mol. The Bertz CT molecular complexity index is 651. The van der Waals surface area contributed by atoms with Crippen LogP contribution in [0.2, 0.25) is 0 Å². The first kappa shape index (κ1) is 12.4. The van der Waals surface area contributed by atoms with Gasteiger partial charge in [-0.3, -0.25) is 9.59 Å². The van der Waals surface area contributed by atoms with E-state index in [9.17, 15) is 9.59 Å². The summed E-state index contributed by atoms with van der Waals surface area (Å²) < 4.78 is 5.19. The van der Waals surface area contributed by atoms with E-state index in [2.05, 4.69) is 10.3 Å². The highest BCUT2D eigenvalue weighted by atomic mass is 16.4. The molecule has 1 aliphatic carbocycles. The topological polar surface area (TPSA) is 92.4 Å². The Morgan fingerprint density at radius 2 is 2.20 bits per heavy atom. The van der Waals surface area contributed by atoms with Gasteiger partial charge in [-0.1, -0.05) is 12.1 Å². The molecular weight excluding hydrogens is 260 g/mol. The van der Waals surface area contributed by atoms with E-state index in [4.69, 9.17) is 9.52 Å². The van der Waals surface area contributed by atoms with Crippen molar-refractivity contribution in [2.75, 3.05) is 5.32 Å². The van der Waals surface area contributed by atoms with Crippen molar-refractivity contribution < 1.29 is 19.1 Å². The third-order valence-electron chi connectivity index (χ3n) is 3.29. The fraction of sp³-hybridized carbons (Fsp3) is 0.214. The lowest BCUT2D eigenvalue weighted by Gasteiger charge is -2.05. The number of carbonyl (C=O) groups excluding carboxylic acids is 1. The number of rotatable bonds is 4. The van der Waals surface area contributed by atoms with Crippen molar-refractivity contribution in [2.45, 2.75) is 6.42 Å². The number of carboxylic acid groups (broad SMARTS) is 1. The quantitative estimate of drug-likeness (QED) is 0.888. The number of aromatic nitrogens is 1. The van der Waals surface area contributed by atoms with Crippen molar-refractivity contribution in [3.63, 3.8) is 0 Å². The molecule has 102 valence electrons. The van der Waals surface area contributed by atoms with Crippen LogP contribution in [0.5, 0.6) is 0 Å². The van der Waals surface area contributed by atoms with Gasteiger partial charge in [0.1, 0.15) is 0 Å². The van der Waals surface area contributed by atoms with Gasteiger partial charge in [-0.05, 0) is 18.6 Å². The molecule has 0 unspecified atom stereocenters. The molecule has 1 fully saturated rings. The van der Waals surface area contributed by atoms with Crippen molar-refractivity contribution in [1.82, 2.24) is 4.98 Å². The number of hydrogen-bond donors (Lipinski definition) is 2. The summed E-state index contributed by atoms with van der Waals surface area (Å²) in [5, 5.41) is 11.5. The molecular formula is C14H12N2O4. The zero-order valence-electron chi connectivity index (χ0n) is 10.4. The second kappa shape index (κ2) is 4.80. The van der Waals surface area contributed by atoms with Gasteiger partial charge in [0.15, 0.2) is 12.2 Å². The van der Waals surface area contributed by atoms with Crippen LogP contribution in [0.1, 0.15) is 6.42 Å². The first-order valence-corrected chi connectivity index (χ1v) is 6.18. The molecule has 0 saturated heterocycles. The van der Waals surface area contributed by atoms with Gasteiger partial charge < -0.3 is 14.8 Å². The van der Waals surface area contributed by atoms with E-state index in [0.29, 0.717) is 17.9 Å². The number of carbonyl (C=O) groups is 2. The molecule has 1 amide bonds. The van der Waals surface area contributed by atoms with Crippen LogP contribution in [-0.2, 0) is 9.59 Å². The van der Waals surface area contributed by atoms with Crippen LogP contribution < -0.4 is 5.32 Å². The maximum absolute atomic E-state index is 11.9. The number of benzene rings is 1. The lowest BCUT2D eigenvalue weighted by atomic mass is 10.1. The highest BCUT2D eigenvalue weighted by Crippen LogP contribution is 2.39. The van der Waals surface area contributed by atoms with Crippen LogP contribution in [0.4, 0.5) is 5.69 Å². The highest BCUT2D eigenvalue weighted by molar-refractivity contribution is 5.98. The van der Waals surface area contributed by atoms with Crippen molar-refractivity contribution in [2.24, 2.45) is 11.8 Å². The molecule has 6 heteroatoms. The monoisotopic (exact) mass is 272 g/mol. The number of nitrogens with one attached hydrogen (secondary N) is 1. The normalized spacial score (nSPS) is 20.4. The van der Waals surface area contributed by atoms with E-state index >= 15 is 0 Å². The summed E-state index contributed by atoms with van der Waals surface area (Å²) in [5.41, 5.74) is 1.41. The number of carboxylic acids is 1. The summed E-state index contributed by atoms with van der Waals surface area (Å²) in [6, 6.07) is 7.13. The summed E-state index contributed by atoms with van der Waals surface area (Å²) in [4.78, 5) is 26.5. The average Bonchev–Trinajstić information content (AvgIpc) is 3.06. The van der Waals surface area contributed by atoms with Gasteiger partial charge >= 0.3 is 5.97 Å². The molecule has 6 nitrogen and oxygen atoms in total. The number of oxazole rings is 1. The maximum atomic E-state index is 11.9. The first-order chi connectivity index (χ1) is 9.65. The highest BCUT2D eigenvalue weighted by Gasteiger charge is 2.48. The van der Waals surface area contributed by atoms with Gasteiger partial charge in [-0.2, -0.15) is 0 Å². The zero-order valence-corrected chi connectivity index (χ0v) is 10.4. The molecule has 3 rings (SSSR count). The van der Waals surface area contributed by atoms with Crippen LogP contribution in [0, 0.1) is 11.8 Å². The minimum Gasteiger partial charge on any atom is -0.481 e. The summed E-state index contributed by atoms with van der Waals surface area (Å²) in [7, 11) is 0. The molecule has 1 heterocycles. The van der Waals surface area contributed by atoms with Gasteiger partial charge in [-0.25, -0.2) is 4.98 Å².